The SMILES string of the molecule is N=C(N)CC1CCC2(CCCCC2)O1. The fourth-order valence-corrected chi connectivity index (χ4v) is 2.85. The molecular formula is C11H20N2O. The van der Waals surface area contributed by atoms with Crippen molar-refractivity contribution in [2.75, 3.05) is 0 Å². The molecule has 80 valence electrons. The van der Waals surface area contributed by atoms with E-state index in [1.807, 2.05) is 0 Å². The van der Waals surface area contributed by atoms with E-state index in [1.54, 1.807) is 0 Å². The molecule has 0 aromatic carbocycles. The molecule has 2 fully saturated rings. The van der Waals surface area contributed by atoms with Crippen molar-refractivity contribution in [2.45, 2.75) is 63.1 Å². The molecule has 1 unspecified atom stereocenters. The molecule has 0 aromatic rings. The lowest BCUT2D eigenvalue weighted by Gasteiger charge is -2.33. The molecule has 1 saturated carbocycles. The van der Waals surface area contributed by atoms with Gasteiger partial charge in [0.1, 0.15) is 0 Å². The van der Waals surface area contributed by atoms with Crippen LogP contribution >= 0.6 is 0 Å². The van der Waals surface area contributed by atoms with Crippen LogP contribution in [0, 0.1) is 5.41 Å². The highest BCUT2D eigenvalue weighted by atomic mass is 16.5. The Balaban J connectivity index is 1.89. The van der Waals surface area contributed by atoms with Gasteiger partial charge in [-0.3, -0.25) is 5.41 Å². The van der Waals surface area contributed by atoms with Gasteiger partial charge in [0.2, 0.25) is 0 Å². The average molecular weight is 196 g/mol. The molecule has 2 rings (SSSR count). The number of rotatable bonds is 2. The van der Waals surface area contributed by atoms with E-state index in [2.05, 4.69) is 0 Å². The van der Waals surface area contributed by atoms with Gasteiger partial charge in [-0.2, -0.15) is 0 Å². The van der Waals surface area contributed by atoms with Crippen LogP contribution in [0.15, 0.2) is 0 Å². The van der Waals surface area contributed by atoms with E-state index in [9.17, 15) is 0 Å². The Morgan fingerprint density at radius 2 is 2.00 bits per heavy atom. The average Bonchev–Trinajstić information content (AvgIpc) is 2.49. The van der Waals surface area contributed by atoms with Crippen molar-refractivity contribution in [1.82, 2.24) is 0 Å². The van der Waals surface area contributed by atoms with Crippen LogP contribution in [0.5, 0.6) is 0 Å². The third kappa shape index (κ3) is 2.08. The number of hydrogen-bond acceptors (Lipinski definition) is 2. The minimum absolute atomic E-state index is 0.179. The Hall–Kier alpha value is -0.570. The summed E-state index contributed by atoms with van der Waals surface area (Å²) in [5.41, 5.74) is 5.57. The smallest absolute Gasteiger partial charge is 0.0931 e. The Morgan fingerprint density at radius 3 is 2.64 bits per heavy atom. The summed E-state index contributed by atoms with van der Waals surface area (Å²) >= 11 is 0. The van der Waals surface area contributed by atoms with Crippen LogP contribution in [0.1, 0.15) is 51.4 Å². The molecule has 1 heterocycles. The number of hydrogen-bond donors (Lipinski definition) is 2. The van der Waals surface area contributed by atoms with Crippen LogP contribution in [0.4, 0.5) is 0 Å². The highest BCUT2D eigenvalue weighted by Crippen LogP contribution is 2.42. The van der Waals surface area contributed by atoms with Crippen LogP contribution in [0.2, 0.25) is 0 Å². The Kier molecular flexibility index (Phi) is 2.77. The van der Waals surface area contributed by atoms with Crippen LogP contribution in [-0.2, 0) is 4.74 Å². The van der Waals surface area contributed by atoms with Crippen LogP contribution in [0.25, 0.3) is 0 Å². The van der Waals surface area contributed by atoms with Gasteiger partial charge in [-0.1, -0.05) is 19.3 Å². The molecule has 14 heavy (non-hydrogen) atoms. The largest absolute Gasteiger partial charge is 0.388 e. The van der Waals surface area contributed by atoms with Gasteiger partial charge in [-0.25, -0.2) is 0 Å². The Labute approximate surface area is 85.5 Å². The van der Waals surface area contributed by atoms with Crippen LogP contribution in [0.3, 0.4) is 0 Å². The minimum Gasteiger partial charge on any atom is -0.388 e. The molecule has 0 radical (unpaired) electrons. The normalized spacial score (nSPS) is 30.7. The molecule has 1 spiro atoms. The number of amidine groups is 1. The molecule has 0 amide bonds. The molecule has 3 heteroatoms. The Morgan fingerprint density at radius 1 is 1.29 bits per heavy atom. The summed E-state index contributed by atoms with van der Waals surface area (Å²) in [5, 5.41) is 7.26. The number of nitrogens with one attached hydrogen (secondary N) is 1. The maximum absolute atomic E-state index is 7.26. The molecular weight excluding hydrogens is 176 g/mol. The van der Waals surface area contributed by atoms with Crippen molar-refractivity contribution in [3.8, 4) is 0 Å². The van der Waals surface area contributed by atoms with Crippen molar-refractivity contribution in [2.24, 2.45) is 5.73 Å². The van der Waals surface area contributed by atoms with Gasteiger partial charge in [0, 0.05) is 6.42 Å². The first-order valence-electron chi connectivity index (χ1n) is 5.71. The summed E-state index contributed by atoms with van der Waals surface area (Å²) < 4.78 is 6.08. The van der Waals surface area contributed by atoms with E-state index >= 15 is 0 Å². The molecule has 0 bridgehead atoms. The summed E-state index contributed by atoms with van der Waals surface area (Å²) in [7, 11) is 0. The summed E-state index contributed by atoms with van der Waals surface area (Å²) in [4.78, 5) is 0. The predicted molar refractivity (Wildman–Crippen MR) is 56.5 cm³/mol. The third-order valence-corrected chi connectivity index (χ3v) is 3.55. The first-order chi connectivity index (χ1) is 6.70. The zero-order valence-corrected chi connectivity index (χ0v) is 8.72. The van der Waals surface area contributed by atoms with Crippen molar-refractivity contribution in [3.63, 3.8) is 0 Å². The standard InChI is InChI=1S/C11H20N2O/c12-10(13)8-9-4-7-11(14-9)5-2-1-3-6-11/h9H,1-8H2,(H3,12,13). The van der Waals surface area contributed by atoms with Crippen molar-refractivity contribution in [3.05, 3.63) is 0 Å². The summed E-state index contributed by atoms with van der Waals surface area (Å²) in [5.74, 6) is 0.267. The van der Waals surface area contributed by atoms with E-state index in [4.69, 9.17) is 15.9 Å². The molecule has 1 saturated heterocycles. The van der Waals surface area contributed by atoms with Gasteiger partial charge in [-0.05, 0) is 25.7 Å². The summed E-state index contributed by atoms with van der Waals surface area (Å²) in [6.45, 7) is 0. The zero-order valence-electron chi connectivity index (χ0n) is 8.72. The molecule has 1 aliphatic carbocycles. The zero-order chi connectivity index (χ0) is 10.0. The third-order valence-electron chi connectivity index (χ3n) is 3.55. The minimum atomic E-state index is 0.179. The van der Waals surface area contributed by atoms with Crippen molar-refractivity contribution in [1.29, 1.82) is 5.41 Å². The quantitative estimate of drug-likeness (QED) is 0.525. The van der Waals surface area contributed by atoms with Gasteiger partial charge in [0.05, 0.1) is 17.5 Å². The molecule has 1 atom stereocenters. The van der Waals surface area contributed by atoms with Gasteiger partial charge in [0.25, 0.3) is 0 Å². The van der Waals surface area contributed by atoms with Gasteiger partial charge in [-0.15, -0.1) is 0 Å². The first-order valence-corrected chi connectivity index (χ1v) is 5.71. The highest BCUT2D eigenvalue weighted by Gasteiger charge is 2.40. The number of ether oxygens (including phenoxy) is 1. The molecule has 0 aromatic heterocycles. The second kappa shape index (κ2) is 3.89. The van der Waals surface area contributed by atoms with E-state index in [0.717, 1.165) is 6.42 Å². The fourth-order valence-electron chi connectivity index (χ4n) is 2.85. The predicted octanol–water partition coefficient (Wildman–Crippen LogP) is 2.19. The van der Waals surface area contributed by atoms with Crippen LogP contribution in [-0.4, -0.2) is 17.5 Å². The van der Waals surface area contributed by atoms with E-state index in [1.165, 1.54) is 38.5 Å². The monoisotopic (exact) mass is 196 g/mol. The molecule has 3 nitrogen and oxygen atoms in total. The molecule has 3 N–H and O–H groups in total. The summed E-state index contributed by atoms with van der Waals surface area (Å²) in [6.07, 6.45) is 9.57. The van der Waals surface area contributed by atoms with E-state index in [0.29, 0.717) is 6.42 Å². The molecule has 2 aliphatic rings. The van der Waals surface area contributed by atoms with Crippen molar-refractivity contribution < 1.29 is 4.74 Å². The fraction of sp³-hybridized carbons (Fsp3) is 0.909. The maximum atomic E-state index is 7.26. The first kappa shape index (κ1) is 9.97. The second-order valence-corrected chi connectivity index (χ2v) is 4.75. The van der Waals surface area contributed by atoms with Gasteiger partial charge >= 0.3 is 0 Å². The van der Waals surface area contributed by atoms with Gasteiger partial charge in [0.15, 0.2) is 0 Å². The number of nitrogens with two attached hydrogens (primary N) is 1. The second-order valence-electron chi connectivity index (χ2n) is 4.75. The van der Waals surface area contributed by atoms with Gasteiger partial charge < -0.3 is 10.5 Å². The van der Waals surface area contributed by atoms with E-state index in [-0.39, 0.29) is 17.5 Å². The Bertz CT molecular complexity index is 221. The maximum Gasteiger partial charge on any atom is 0.0931 e. The van der Waals surface area contributed by atoms with Crippen molar-refractivity contribution >= 4 is 5.84 Å². The van der Waals surface area contributed by atoms with Crippen LogP contribution < -0.4 is 5.73 Å². The lowest BCUT2D eigenvalue weighted by atomic mass is 9.83. The highest BCUT2D eigenvalue weighted by molar-refractivity contribution is 5.77. The lowest BCUT2D eigenvalue weighted by Crippen LogP contribution is -2.32. The topological polar surface area (TPSA) is 59.1 Å². The lowest BCUT2D eigenvalue weighted by molar-refractivity contribution is -0.0608. The van der Waals surface area contributed by atoms with E-state index < -0.39 is 0 Å². The molecule has 1 aliphatic heterocycles. The summed E-state index contributed by atoms with van der Waals surface area (Å²) in [6, 6.07) is 0.